The summed E-state index contributed by atoms with van der Waals surface area (Å²) in [7, 11) is -3.11. The first-order chi connectivity index (χ1) is 11.2. The maximum Gasteiger partial charge on any atom is 0.211 e. The summed E-state index contributed by atoms with van der Waals surface area (Å²) < 4.78 is 30.1. The van der Waals surface area contributed by atoms with Crippen LogP contribution >= 0.6 is 0 Å². The zero-order chi connectivity index (χ0) is 17.7. The van der Waals surface area contributed by atoms with Crippen molar-refractivity contribution in [2.45, 2.75) is 26.4 Å². The maximum atomic E-state index is 11.5. The van der Waals surface area contributed by atoms with Crippen LogP contribution in [0.15, 0.2) is 29.3 Å². The fraction of sp³-hybridized carbons (Fsp3) is 0.562. The van der Waals surface area contributed by atoms with E-state index in [1.54, 1.807) is 0 Å². The molecular formula is C16H26N4O3S. The summed E-state index contributed by atoms with van der Waals surface area (Å²) in [6.45, 7) is 5.54. The van der Waals surface area contributed by atoms with E-state index >= 15 is 0 Å². The van der Waals surface area contributed by atoms with Gasteiger partial charge in [0.15, 0.2) is 5.96 Å². The van der Waals surface area contributed by atoms with Crippen molar-refractivity contribution in [3.63, 3.8) is 0 Å². The molecule has 8 heteroatoms. The minimum Gasteiger partial charge on any atom is -0.491 e. The molecule has 1 aliphatic heterocycles. The van der Waals surface area contributed by atoms with Crippen LogP contribution in [0, 0.1) is 5.92 Å². The minimum absolute atomic E-state index is 0.133. The van der Waals surface area contributed by atoms with E-state index in [4.69, 9.17) is 10.5 Å². The SMILES string of the molecule is CC(C)Oc1ccc(NC(N)=NCC2CCN(S(C)(=O)=O)C2)cc1. The molecule has 0 amide bonds. The zero-order valence-electron chi connectivity index (χ0n) is 14.4. The molecule has 0 spiro atoms. The van der Waals surface area contributed by atoms with Gasteiger partial charge < -0.3 is 15.8 Å². The number of nitrogens with one attached hydrogen (secondary N) is 1. The molecule has 1 unspecified atom stereocenters. The normalized spacial score (nSPS) is 19.7. The van der Waals surface area contributed by atoms with E-state index in [0.717, 1.165) is 17.9 Å². The average molecular weight is 354 g/mol. The monoisotopic (exact) mass is 354 g/mol. The van der Waals surface area contributed by atoms with Gasteiger partial charge in [0, 0.05) is 25.3 Å². The summed E-state index contributed by atoms with van der Waals surface area (Å²) in [6, 6.07) is 7.50. The number of rotatable bonds is 6. The second-order valence-corrected chi connectivity index (χ2v) is 8.30. The fourth-order valence-corrected chi connectivity index (χ4v) is 3.47. The lowest BCUT2D eigenvalue weighted by molar-refractivity contribution is 0.242. The van der Waals surface area contributed by atoms with Crippen LogP contribution in [0.25, 0.3) is 0 Å². The Kier molecular flexibility index (Phi) is 6.06. The second kappa shape index (κ2) is 7.85. The highest BCUT2D eigenvalue weighted by molar-refractivity contribution is 7.88. The van der Waals surface area contributed by atoms with Crippen molar-refractivity contribution in [3.8, 4) is 5.75 Å². The summed E-state index contributed by atoms with van der Waals surface area (Å²) in [6.07, 6.45) is 2.18. The molecule has 0 bridgehead atoms. The van der Waals surface area contributed by atoms with E-state index in [9.17, 15) is 8.42 Å². The molecule has 1 heterocycles. The average Bonchev–Trinajstić information content (AvgIpc) is 2.96. The Labute approximate surface area is 143 Å². The molecule has 1 atom stereocenters. The molecule has 2 rings (SSSR count). The smallest absolute Gasteiger partial charge is 0.211 e. The van der Waals surface area contributed by atoms with E-state index in [1.807, 2.05) is 38.1 Å². The third-order valence-corrected chi connectivity index (χ3v) is 5.01. The largest absolute Gasteiger partial charge is 0.491 e. The highest BCUT2D eigenvalue weighted by Gasteiger charge is 2.28. The first-order valence-electron chi connectivity index (χ1n) is 8.03. The third-order valence-electron chi connectivity index (χ3n) is 3.74. The van der Waals surface area contributed by atoms with Gasteiger partial charge in [0.2, 0.25) is 10.0 Å². The lowest BCUT2D eigenvalue weighted by Gasteiger charge is -2.13. The lowest BCUT2D eigenvalue weighted by atomic mass is 10.1. The summed E-state index contributed by atoms with van der Waals surface area (Å²) >= 11 is 0. The molecule has 0 saturated carbocycles. The van der Waals surface area contributed by atoms with Crippen molar-refractivity contribution in [1.29, 1.82) is 0 Å². The number of guanidine groups is 1. The topological polar surface area (TPSA) is 97.0 Å². The quantitative estimate of drug-likeness (QED) is 0.596. The molecule has 134 valence electrons. The van der Waals surface area contributed by atoms with Crippen LogP contribution in [0.5, 0.6) is 5.75 Å². The predicted molar refractivity (Wildman–Crippen MR) is 96.8 cm³/mol. The Balaban J connectivity index is 1.84. The Bertz CT molecular complexity index is 671. The molecule has 0 aliphatic carbocycles. The molecular weight excluding hydrogens is 328 g/mol. The van der Waals surface area contributed by atoms with E-state index in [2.05, 4.69) is 10.3 Å². The van der Waals surface area contributed by atoms with Gasteiger partial charge in [0.1, 0.15) is 5.75 Å². The molecule has 7 nitrogen and oxygen atoms in total. The van der Waals surface area contributed by atoms with Gasteiger partial charge in [-0.3, -0.25) is 4.99 Å². The molecule has 0 radical (unpaired) electrons. The second-order valence-electron chi connectivity index (χ2n) is 6.32. The summed E-state index contributed by atoms with van der Waals surface area (Å²) in [5.41, 5.74) is 6.73. The van der Waals surface area contributed by atoms with Gasteiger partial charge in [0.05, 0.1) is 12.4 Å². The van der Waals surface area contributed by atoms with E-state index in [-0.39, 0.29) is 12.0 Å². The number of ether oxygens (including phenoxy) is 1. The van der Waals surface area contributed by atoms with Crippen LogP contribution in [0.2, 0.25) is 0 Å². The van der Waals surface area contributed by atoms with Gasteiger partial charge in [-0.25, -0.2) is 12.7 Å². The van der Waals surface area contributed by atoms with Crippen LogP contribution in [0.4, 0.5) is 5.69 Å². The Morgan fingerprint density at radius 3 is 2.62 bits per heavy atom. The fourth-order valence-electron chi connectivity index (χ4n) is 2.55. The molecule has 1 aromatic carbocycles. The first kappa shape index (κ1) is 18.5. The molecule has 3 N–H and O–H groups in total. The summed E-state index contributed by atoms with van der Waals surface area (Å²) in [5.74, 6) is 1.34. The van der Waals surface area contributed by atoms with E-state index in [1.165, 1.54) is 10.6 Å². The summed E-state index contributed by atoms with van der Waals surface area (Å²) in [5, 5.41) is 3.03. The maximum absolute atomic E-state index is 11.5. The highest BCUT2D eigenvalue weighted by Crippen LogP contribution is 2.19. The Morgan fingerprint density at radius 2 is 2.08 bits per heavy atom. The number of sulfonamides is 1. The molecule has 1 aliphatic rings. The number of hydrogen-bond donors (Lipinski definition) is 2. The van der Waals surface area contributed by atoms with Crippen molar-refractivity contribution in [2.75, 3.05) is 31.2 Å². The first-order valence-corrected chi connectivity index (χ1v) is 9.87. The summed E-state index contributed by atoms with van der Waals surface area (Å²) in [4.78, 5) is 4.32. The standard InChI is InChI=1S/C16H26N4O3S/c1-12(2)23-15-6-4-14(5-7-15)19-16(17)18-10-13-8-9-20(11-13)24(3,21)22/h4-7,12-13H,8-11H2,1-3H3,(H3,17,18,19). The number of aliphatic imine (C=N–C) groups is 1. The lowest BCUT2D eigenvalue weighted by Crippen LogP contribution is -2.28. The Hall–Kier alpha value is -1.80. The van der Waals surface area contributed by atoms with Crippen LogP contribution in [0.1, 0.15) is 20.3 Å². The van der Waals surface area contributed by atoms with Gasteiger partial charge >= 0.3 is 0 Å². The number of anilines is 1. The van der Waals surface area contributed by atoms with Crippen LogP contribution < -0.4 is 15.8 Å². The van der Waals surface area contributed by atoms with Gasteiger partial charge in [0.25, 0.3) is 0 Å². The van der Waals surface area contributed by atoms with Gasteiger partial charge in [-0.2, -0.15) is 0 Å². The number of nitrogens with zero attached hydrogens (tertiary/aromatic N) is 2. The molecule has 1 saturated heterocycles. The van der Waals surface area contributed by atoms with Crippen LogP contribution in [-0.4, -0.2) is 50.7 Å². The van der Waals surface area contributed by atoms with Gasteiger partial charge in [-0.1, -0.05) is 0 Å². The predicted octanol–water partition coefficient (Wildman–Crippen LogP) is 1.48. The van der Waals surface area contributed by atoms with Crippen LogP contribution in [-0.2, 0) is 10.0 Å². The van der Waals surface area contributed by atoms with E-state index in [0.29, 0.717) is 25.6 Å². The number of nitrogens with two attached hydrogens (primary N) is 1. The van der Waals surface area contributed by atoms with Crippen molar-refractivity contribution in [1.82, 2.24) is 4.31 Å². The van der Waals surface area contributed by atoms with Crippen molar-refractivity contribution >= 4 is 21.7 Å². The third kappa shape index (κ3) is 5.68. The molecule has 0 aromatic heterocycles. The van der Waals surface area contributed by atoms with Crippen molar-refractivity contribution in [3.05, 3.63) is 24.3 Å². The molecule has 1 fully saturated rings. The number of benzene rings is 1. The molecule has 24 heavy (non-hydrogen) atoms. The highest BCUT2D eigenvalue weighted by atomic mass is 32.2. The van der Waals surface area contributed by atoms with E-state index < -0.39 is 10.0 Å². The zero-order valence-corrected chi connectivity index (χ0v) is 15.2. The van der Waals surface area contributed by atoms with Gasteiger partial charge in [-0.15, -0.1) is 0 Å². The minimum atomic E-state index is -3.11. The van der Waals surface area contributed by atoms with Gasteiger partial charge in [-0.05, 0) is 50.5 Å². The van der Waals surface area contributed by atoms with Crippen molar-refractivity contribution < 1.29 is 13.2 Å². The van der Waals surface area contributed by atoms with Crippen LogP contribution in [0.3, 0.4) is 0 Å². The molecule has 1 aromatic rings. The Morgan fingerprint density at radius 1 is 1.42 bits per heavy atom. The number of hydrogen-bond acceptors (Lipinski definition) is 4. The van der Waals surface area contributed by atoms with Crippen molar-refractivity contribution in [2.24, 2.45) is 16.6 Å².